The molecule has 0 radical (unpaired) electrons. The number of rotatable bonds is 3. The smallest absolute Gasteiger partial charge is 0.275 e. The molecule has 4 nitrogen and oxygen atoms in total. The Bertz CT molecular complexity index is 751. The molecule has 1 amide bonds. The Hall–Kier alpha value is -2.53. The zero-order chi connectivity index (χ0) is 14.7. The summed E-state index contributed by atoms with van der Waals surface area (Å²) in [5, 5.41) is 5.38. The van der Waals surface area contributed by atoms with E-state index in [-0.39, 0.29) is 5.91 Å². The summed E-state index contributed by atoms with van der Waals surface area (Å²) < 4.78 is 0. The lowest BCUT2D eigenvalue weighted by molar-refractivity contribution is 0.102. The van der Waals surface area contributed by atoms with Gasteiger partial charge in [-0.15, -0.1) is 11.3 Å². The fraction of sp³-hybridized carbons (Fsp3) is 0.0625. The normalized spacial score (nSPS) is 10.3. The Morgan fingerprint density at radius 2 is 2.00 bits per heavy atom. The molecule has 104 valence electrons. The molecule has 0 aliphatic heterocycles. The van der Waals surface area contributed by atoms with E-state index in [4.69, 9.17) is 0 Å². The van der Waals surface area contributed by atoms with Crippen LogP contribution in [0.1, 0.15) is 16.1 Å². The van der Waals surface area contributed by atoms with Crippen LogP contribution in [-0.2, 0) is 0 Å². The molecule has 0 saturated carbocycles. The van der Waals surface area contributed by atoms with Gasteiger partial charge in [-0.05, 0) is 31.2 Å². The molecule has 0 fully saturated rings. The van der Waals surface area contributed by atoms with E-state index >= 15 is 0 Å². The topological polar surface area (TPSA) is 54.9 Å². The number of hydrogen-bond acceptors (Lipinski definition) is 4. The second-order valence-electron chi connectivity index (χ2n) is 4.60. The predicted octanol–water partition coefficient (Wildman–Crippen LogP) is 3.77. The van der Waals surface area contributed by atoms with E-state index in [9.17, 15) is 4.79 Å². The summed E-state index contributed by atoms with van der Waals surface area (Å²) in [5.41, 5.74) is 3.25. The number of anilines is 1. The van der Waals surface area contributed by atoms with Crippen molar-refractivity contribution < 1.29 is 4.79 Å². The first kappa shape index (κ1) is 13.5. The first-order valence-electron chi connectivity index (χ1n) is 6.46. The predicted molar refractivity (Wildman–Crippen MR) is 84.5 cm³/mol. The van der Waals surface area contributed by atoms with Gasteiger partial charge in [0.2, 0.25) is 0 Å². The molecule has 2 aromatic heterocycles. The minimum Gasteiger partial charge on any atom is -0.321 e. The number of aryl methyl sites for hydroxylation is 1. The third-order valence-electron chi connectivity index (χ3n) is 2.95. The second kappa shape index (κ2) is 5.85. The van der Waals surface area contributed by atoms with Crippen molar-refractivity contribution in [3.8, 4) is 10.6 Å². The maximum atomic E-state index is 12.2. The van der Waals surface area contributed by atoms with E-state index in [2.05, 4.69) is 15.3 Å². The summed E-state index contributed by atoms with van der Waals surface area (Å²) in [4.78, 5) is 20.6. The molecule has 0 unspecified atom stereocenters. The summed E-state index contributed by atoms with van der Waals surface area (Å²) >= 11 is 1.43. The lowest BCUT2D eigenvalue weighted by Crippen LogP contribution is -2.12. The maximum Gasteiger partial charge on any atom is 0.275 e. The maximum absolute atomic E-state index is 12.2. The van der Waals surface area contributed by atoms with Crippen molar-refractivity contribution in [2.24, 2.45) is 0 Å². The van der Waals surface area contributed by atoms with Crippen molar-refractivity contribution in [3.63, 3.8) is 0 Å². The van der Waals surface area contributed by atoms with E-state index in [1.807, 2.05) is 43.3 Å². The summed E-state index contributed by atoms with van der Waals surface area (Å²) in [5.74, 6) is -0.203. The molecule has 2 heterocycles. The van der Waals surface area contributed by atoms with Crippen LogP contribution in [0.3, 0.4) is 0 Å². The van der Waals surface area contributed by atoms with Crippen molar-refractivity contribution in [2.45, 2.75) is 6.92 Å². The quantitative estimate of drug-likeness (QED) is 0.800. The number of carbonyl (C=O) groups is 1. The SMILES string of the molecule is Cc1ccc(NC(=O)c2csc(-c3cccnc3)n2)cc1. The van der Waals surface area contributed by atoms with Crippen LogP contribution in [0, 0.1) is 6.92 Å². The lowest BCUT2D eigenvalue weighted by atomic mass is 10.2. The van der Waals surface area contributed by atoms with E-state index in [1.54, 1.807) is 17.8 Å². The van der Waals surface area contributed by atoms with E-state index in [0.29, 0.717) is 5.69 Å². The number of benzene rings is 1. The highest BCUT2D eigenvalue weighted by Gasteiger charge is 2.12. The zero-order valence-corrected chi connectivity index (χ0v) is 12.2. The fourth-order valence-electron chi connectivity index (χ4n) is 1.83. The average molecular weight is 295 g/mol. The van der Waals surface area contributed by atoms with Crippen molar-refractivity contribution >= 4 is 22.9 Å². The minimum absolute atomic E-state index is 0.203. The molecule has 0 saturated heterocycles. The Labute approximate surface area is 126 Å². The van der Waals surface area contributed by atoms with Crippen LogP contribution in [0.5, 0.6) is 0 Å². The third kappa shape index (κ3) is 3.14. The number of aromatic nitrogens is 2. The molecule has 0 aliphatic rings. The highest BCUT2D eigenvalue weighted by atomic mass is 32.1. The summed E-state index contributed by atoms with van der Waals surface area (Å²) in [6, 6.07) is 11.4. The minimum atomic E-state index is -0.203. The molecule has 3 rings (SSSR count). The summed E-state index contributed by atoms with van der Waals surface area (Å²) in [6.07, 6.45) is 3.45. The van der Waals surface area contributed by atoms with Crippen molar-refractivity contribution in [2.75, 3.05) is 5.32 Å². The Kier molecular flexibility index (Phi) is 3.75. The van der Waals surface area contributed by atoms with E-state index in [0.717, 1.165) is 21.8 Å². The molecular weight excluding hydrogens is 282 g/mol. The number of nitrogens with zero attached hydrogens (tertiary/aromatic N) is 2. The van der Waals surface area contributed by atoms with E-state index in [1.165, 1.54) is 11.3 Å². The zero-order valence-electron chi connectivity index (χ0n) is 11.4. The van der Waals surface area contributed by atoms with Crippen LogP contribution in [0.2, 0.25) is 0 Å². The van der Waals surface area contributed by atoms with Gasteiger partial charge in [0, 0.05) is 29.0 Å². The highest BCUT2D eigenvalue weighted by molar-refractivity contribution is 7.13. The molecule has 3 aromatic rings. The second-order valence-corrected chi connectivity index (χ2v) is 5.46. The monoisotopic (exact) mass is 295 g/mol. The van der Waals surface area contributed by atoms with Crippen LogP contribution in [0.25, 0.3) is 10.6 Å². The van der Waals surface area contributed by atoms with Crippen molar-refractivity contribution in [1.29, 1.82) is 0 Å². The van der Waals surface area contributed by atoms with Gasteiger partial charge in [-0.2, -0.15) is 0 Å². The number of carbonyl (C=O) groups excluding carboxylic acids is 1. The lowest BCUT2D eigenvalue weighted by Gasteiger charge is -2.03. The van der Waals surface area contributed by atoms with Gasteiger partial charge < -0.3 is 5.32 Å². The van der Waals surface area contributed by atoms with Crippen LogP contribution in [0.15, 0.2) is 54.2 Å². The number of thiazole rings is 1. The Morgan fingerprint density at radius 1 is 1.19 bits per heavy atom. The molecular formula is C16H13N3OS. The third-order valence-corrected chi connectivity index (χ3v) is 3.85. The number of pyridine rings is 1. The molecule has 0 bridgehead atoms. The molecule has 0 aliphatic carbocycles. The van der Waals surface area contributed by atoms with Gasteiger partial charge in [0.1, 0.15) is 10.7 Å². The van der Waals surface area contributed by atoms with Gasteiger partial charge in [0.25, 0.3) is 5.91 Å². The Balaban J connectivity index is 1.77. The van der Waals surface area contributed by atoms with Crippen LogP contribution < -0.4 is 5.32 Å². The molecule has 0 atom stereocenters. The van der Waals surface area contributed by atoms with Gasteiger partial charge >= 0.3 is 0 Å². The van der Waals surface area contributed by atoms with Gasteiger partial charge in [-0.3, -0.25) is 9.78 Å². The first-order chi connectivity index (χ1) is 10.2. The number of hydrogen-bond donors (Lipinski definition) is 1. The molecule has 0 spiro atoms. The van der Waals surface area contributed by atoms with Gasteiger partial charge in [0.05, 0.1) is 0 Å². The van der Waals surface area contributed by atoms with Gasteiger partial charge in [-0.25, -0.2) is 4.98 Å². The first-order valence-corrected chi connectivity index (χ1v) is 7.34. The van der Waals surface area contributed by atoms with Crippen LogP contribution in [-0.4, -0.2) is 15.9 Å². The van der Waals surface area contributed by atoms with Gasteiger partial charge in [0.15, 0.2) is 0 Å². The molecule has 21 heavy (non-hydrogen) atoms. The number of amides is 1. The number of nitrogens with one attached hydrogen (secondary N) is 1. The largest absolute Gasteiger partial charge is 0.321 e. The Morgan fingerprint density at radius 3 is 2.71 bits per heavy atom. The molecule has 1 N–H and O–H groups in total. The van der Waals surface area contributed by atoms with Crippen molar-refractivity contribution in [3.05, 3.63) is 65.4 Å². The van der Waals surface area contributed by atoms with Crippen LogP contribution >= 0.6 is 11.3 Å². The van der Waals surface area contributed by atoms with Gasteiger partial charge in [-0.1, -0.05) is 17.7 Å². The van der Waals surface area contributed by atoms with Crippen molar-refractivity contribution in [1.82, 2.24) is 9.97 Å². The molecule has 1 aromatic carbocycles. The standard InChI is InChI=1S/C16H13N3OS/c1-11-4-6-13(7-5-11)18-15(20)14-10-21-16(19-14)12-3-2-8-17-9-12/h2-10H,1H3,(H,18,20). The molecule has 5 heteroatoms. The fourth-order valence-corrected chi connectivity index (χ4v) is 2.62. The average Bonchev–Trinajstić information content (AvgIpc) is 3.00. The summed E-state index contributed by atoms with van der Waals surface area (Å²) in [7, 11) is 0. The summed E-state index contributed by atoms with van der Waals surface area (Å²) in [6.45, 7) is 2.01. The van der Waals surface area contributed by atoms with E-state index < -0.39 is 0 Å². The van der Waals surface area contributed by atoms with Crippen LogP contribution in [0.4, 0.5) is 5.69 Å². The highest BCUT2D eigenvalue weighted by Crippen LogP contribution is 2.23.